The Bertz CT molecular complexity index is 380. The van der Waals surface area contributed by atoms with Crippen LogP contribution in [0.5, 0.6) is 0 Å². The maximum Gasteiger partial charge on any atom is 0.123 e. The van der Waals surface area contributed by atoms with Crippen LogP contribution in [0.15, 0.2) is 24.3 Å². The zero-order chi connectivity index (χ0) is 12.1. The Labute approximate surface area is 104 Å². The van der Waals surface area contributed by atoms with E-state index in [4.69, 9.17) is 0 Å². The van der Waals surface area contributed by atoms with Gasteiger partial charge < -0.3 is 0 Å². The molecule has 1 heterocycles. The highest BCUT2D eigenvalue weighted by Gasteiger charge is 2.20. The number of nitriles is 1. The van der Waals surface area contributed by atoms with E-state index >= 15 is 0 Å². The van der Waals surface area contributed by atoms with E-state index in [1.807, 2.05) is 0 Å². The lowest BCUT2D eigenvalue weighted by Crippen LogP contribution is -2.28. The number of hydrogen-bond acceptors (Lipinski definition) is 2. The van der Waals surface area contributed by atoms with Gasteiger partial charge in [-0.2, -0.15) is 5.26 Å². The Balaban J connectivity index is 2.15. The van der Waals surface area contributed by atoms with Gasteiger partial charge in [-0.25, -0.2) is 0 Å². The second kappa shape index (κ2) is 5.84. The maximum absolute atomic E-state index is 9.40. The zero-order valence-corrected chi connectivity index (χ0v) is 10.5. The number of hydrogen-bond donors (Lipinski definition) is 0. The van der Waals surface area contributed by atoms with Crippen molar-refractivity contribution in [2.45, 2.75) is 38.6 Å². The first-order valence-corrected chi connectivity index (χ1v) is 6.51. The lowest BCUT2D eigenvalue weighted by atomic mass is 10.0. The summed E-state index contributed by atoms with van der Waals surface area (Å²) in [5.41, 5.74) is 2.39. The molecule has 2 nitrogen and oxygen atoms in total. The van der Waals surface area contributed by atoms with Crippen molar-refractivity contribution in [3.05, 3.63) is 35.4 Å². The van der Waals surface area contributed by atoms with Crippen molar-refractivity contribution in [1.82, 2.24) is 4.90 Å². The minimum Gasteiger partial charge on any atom is -0.284 e. The van der Waals surface area contributed by atoms with Gasteiger partial charge in [-0.15, -0.1) is 0 Å². The highest BCUT2D eigenvalue weighted by Crippen LogP contribution is 2.23. The first-order chi connectivity index (χ1) is 8.31. The van der Waals surface area contributed by atoms with Gasteiger partial charge in [0.25, 0.3) is 0 Å². The molecule has 0 amide bonds. The van der Waals surface area contributed by atoms with Crippen LogP contribution >= 0.6 is 0 Å². The summed E-state index contributed by atoms with van der Waals surface area (Å²) in [7, 11) is 0. The molecule has 1 saturated heterocycles. The number of rotatable bonds is 2. The van der Waals surface area contributed by atoms with E-state index < -0.39 is 0 Å². The number of nitrogens with zero attached hydrogens (tertiary/aromatic N) is 2. The van der Waals surface area contributed by atoms with E-state index in [1.165, 1.54) is 31.2 Å². The van der Waals surface area contributed by atoms with Crippen LogP contribution in [0.25, 0.3) is 0 Å². The molecule has 0 radical (unpaired) electrons. The Morgan fingerprint density at radius 1 is 1.06 bits per heavy atom. The lowest BCUT2D eigenvalue weighted by molar-refractivity contribution is 0.246. The standard InChI is InChI=1S/C15H20N2/c1-13-6-8-14(9-7-13)15(12-16)17-10-4-2-3-5-11-17/h6-9,15H,2-5,10-11H2,1H3. The Kier molecular flexibility index (Phi) is 4.17. The maximum atomic E-state index is 9.40. The van der Waals surface area contributed by atoms with Gasteiger partial charge in [-0.3, -0.25) is 4.90 Å². The summed E-state index contributed by atoms with van der Waals surface area (Å²) in [4.78, 5) is 2.33. The Hall–Kier alpha value is -1.33. The van der Waals surface area contributed by atoms with Gasteiger partial charge in [-0.1, -0.05) is 42.7 Å². The van der Waals surface area contributed by atoms with Gasteiger partial charge in [0.1, 0.15) is 6.04 Å². The van der Waals surface area contributed by atoms with Crippen molar-refractivity contribution in [3.8, 4) is 6.07 Å². The lowest BCUT2D eigenvalue weighted by Gasteiger charge is -2.25. The molecule has 1 aliphatic heterocycles. The van der Waals surface area contributed by atoms with E-state index in [9.17, 15) is 5.26 Å². The van der Waals surface area contributed by atoms with E-state index in [2.05, 4.69) is 42.2 Å². The number of likely N-dealkylation sites (tertiary alicyclic amines) is 1. The molecule has 1 aliphatic rings. The van der Waals surface area contributed by atoms with Crippen LogP contribution in [0.2, 0.25) is 0 Å². The minimum absolute atomic E-state index is 0.0614. The Morgan fingerprint density at radius 3 is 2.18 bits per heavy atom. The first-order valence-electron chi connectivity index (χ1n) is 6.51. The van der Waals surface area contributed by atoms with Crippen molar-refractivity contribution < 1.29 is 0 Å². The minimum atomic E-state index is -0.0614. The van der Waals surface area contributed by atoms with Gasteiger partial charge in [0.15, 0.2) is 0 Å². The quantitative estimate of drug-likeness (QED) is 0.775. The van der Waals surface area contributed by atoms with E-state index in [-0.39, 0.29) is 6.04 Å². The molecule has 17 heavy (non-hydrogen) atoms. The largest absolute Gasteiger partial charge is 0.284 e. The summed E-state index contributed by atoms with van der Waals surface area (Å²) in [5, 5.41) is 9.40. The normalized spacial score (nSPS) is 19.3. The Morgan fingerprint density at radius 2 is 1.65 bits per heavy atom. The second-order valence-corrected chi connectivity index (χ2v) is 4.89. The molecule has 90 valence electrons. The average molecular weight is 228 g/mol. The molecule has 0 saturated carbocycles. The fourth-order valence-electron chi connectivity index (χ4n) is 2.47. The predicted octanol–water partition coefficient (Wildman–Crippen LogP) is 3.44. The predicted molar refractivity (Wildman–Crippen MR) is 69.6 cm³/mol. The molecule has 1 aromatic rings. The van der Waals surface area contributed by atoms with Gasteiger partial charge in [-0.05, 0) is 38.4 Å². The third-order valence-corrected chi connectivity index (χ3v) is 3.52. The molecule has 1 unspecified atom stereocenters. The van der Waals surface area contributed by atoms with Crippen LogP contribution < -0.4 is 0 Å². The van der Waals surface area contributed by atoms with Gasteiger partial charge in [0, 0.05) is 0 Å². The summed E-state index contributed by atoms with van der Waals surface area (Å²) in [6.45, 7) is 4.20. The van der Waals surface area contributed by atoms with Crippen molar-refractivity contribution in [2.75, 3.05) is 13.1 Å². The molecule has 0 spiro atoms. The summed E-state index contributed by atoms with van der Waals surface area (Å²) in [5.74, 6) is 0. The van der Waals surface area contributed by atoms with Crippen LogP contribution in [-0.4, -0.2) is 18.0 Å². The third kappa shape index (κ3) is 3.08. The zero-order valence-electron chi connectivity index (χ0n) is 10.5. The average Bonchev–Trinajstić information content (AvgIpc) is 2.62. The first kappa shape index (κ1) is 12.1. The molecule has 0 aromatic heterocycles. The molecule has 1 fully saturated rings. The topological polar surface area (TPSA) is 27.0 Å². The highest BCUT2D eigenvalue weighted by atomic mass is 15.1. The van der Waals surface area contributed by atoms with E-state index in [0.29, 0.717) is 0 Å². The highest BCUT2D eigenvalue weighted by molar-refractivity contribution is 5.27. The second-order valence-electron chi connectivity index (χ2n) is 4.89. The molecule has 2 rings (SSSR count). The number of aryl methyl sites for hydroxylation is 1. The molecular weight excluding hydrogens is 208 g/mol. The van der Waals surface area contributed by atoms with E-state index in [1.54, 1.807) is 0 Å². The van der Waals surface area contributed by atoms with Crippen LogP contribution in [-0.2, 0) is 0 Å². The molecular formula is C15H20N2. The van der Waals surface area contributed by atoms with Crippen molar-refractivity contribution >= 4 is 0 Å². The van der Waals surface area contributed by atoms with Crippen molar-refractivity contribution in [1.29, 1.82) is 5.26 Å². The molecule has 2 heteroatoms. The monoisotopic (exact) mass is 228 g/mol. The van der Waals surface area contributed by atoms with Crippen LogP contribution in [0.4, 0.5) is 0 Å². The fraction of sp³-hybridized carbons (Fsp3) is 0.533. The fourth-order valence-corrected chi connectivity index (χ4v) is 2.47. The van der Waals surface area contributed by atoms with E-state index in [0.717, 1.165) is 18.7 Å². The summed E-state index contributed by atoms with van der Waals surface area (Å²) in [6.07, 6.45) is 5.07. The smallest absolute Gasteiger partial charge is 0.123 e. The SMILES string of the molecule is Cc1ccc(C(C#N)N2CCCCCC2)cc1. The third-order valence-electron chi connectivity index (χ3n) is 3.52. The van der Waals surface area contributed by atoms with Crippen LogP contribution in [0.3, 0.4) is 0 Å². The van der Waals surface area contributed by atoms with Crippen LogP contribution in [0.1, 0.15) is 42.9 Å². The molecule has 1 atom stereocenters. The van der Waals surface area contributed by atoms with Gasteiger partial charge >= 0.3 is 0 Å². The van der Waals surface area contributed by atoms with Gasteiger partial charge in [0.05, 0.1) is 6.07 Å². The summed E-state index contributed by atoms with van der Waals surface area (Å²) >= 11 is 0. The van der Waals surface area contributed by atoms with Gasteiger partial charge in [0.2, 0.25) is 0 Å². The van der Waals surface area contributed by atoms with Crippen molar-refractivity contribution in [3.63, 3.8) is 0 Å². The van der Waals surface area contributed by atoms with Crippen LogP contribution in [0, 0.1) is 18.3 Å². The molecule has 0 aliphatic carbocycles. The molecule has 1 aromatic carbocycles. The summed E-state index contributed by atoms with van der Waals surface area (Å²) in [6, 6.07) is 10.8. The molecule has 0 N–H and O–H groups in total. The number of benzene rings is 1. The van der Waals surface area contributed by atoms with Crippen molar-refractivity contribution in [2.24, 2.45) is 0 Å². The molecule has 0 bridgehead atoms. The summed E-state index contributed by atoms with van der Waals surface area (Å²) < 4.78 is 0.